The molecule has 1 N–H and O–H groups in total. The summed E-state index contributed by atoms with van der Waals surface area (Å²) in [6, 6.07) is 0. The molecule has 0 aliphatic rings. The second-order valence-electron chi connectivity index (χ2n) is 1.17. The summed E-state index contributed by atoms with van der Waals surface area (Å²) in [6.45, 7) is 5.42. The molecule has 0 aliphatic carbocycles. The van der Waals surface area contributed by atoms with Crippen molar-refractivity contribution >= 4 is 6.09 Å². The normalized spacial score (nSPS) is 8.25. The predicted molar refractivity (Wildman–Crippen MR) is 30.1 cm³/mol. The largest absolute Gasteiger partial charge is 0.443 e. The maximum atomic E-state index is 10.3. The number of nitrogens with one attached hydrogen (secondary N) is 1. The average molecular weight is 116 g/mol. The molecule has 0 heterocycles. The number of ether oxygens (including phenoxy) is 1. The second kappa shape index (κ2) is 4.43. The smallest absolute Gasteiger partial charge is 0.407 e. The monoisotopic (exact) mass is 116 g/mol. The number of carbonyl (C=O) groups excluding carboxylic acids is 1. The van der Waals surface area contributed by atoms with Crippen molar-refractivity contribution in [3.8, 4) is 0 Å². The lowest BCUT2D eigenvalue weighted by Crippen LogP contribution is -2.22. The summed E-state index contributed by atoms with van der Waals surface area (Å²) in [5, 5.41) is 2.45. The van der Waals surface area contributed by atoms with Gasteiger partial charge >= 0.3 is 6.09 Å². The quantitative estimate of drug-likeness (QED) is 0.582. The fourth-order valence-corrected chi connectivity index (χ4v) is 0.293. The van der Waals surface area contributed by atoms with Gasteiger partial charge < -0.3 is 10.1 Å². The molecule has 3 heteroatoms. The molecule has 0 fully saturated rings. The van der Waals surface area contributed by atoms with Crippen molar-refractivity contribution in [3.05, 3.63) is 6.61 Å². The van der Waals surface area contributed by atoms with Gasteiger partial charge in [-0.3, -0.25) is 0 Å². The molecule has 0 aliphatic heterocycles. The van der Waals surface area contributed by atoms with Crippen LogP contribution in [0.25, 0.3) is 0 Å². The van der Waals surface area contributed by atoms with E-state index < -0.39 is 6.09 Å². The number of alkyl carbamates (subject to hydrolysis) is 1. The average Bonchev–Trinajstić information content (AvgIpc) is 1.68. The number of rotatable bonds is 2. The zero-order valence-corrected chi connectivity index (χ0v) is 5.10. The van der Waals surface area contributed by atoms with E-state index in [-0.39, 0.29) is 0 Å². The SMILES string of the molecule is C[CH]OC(=O)NCC. The van der Waals surface area contributed by atoms with Crippen molar-refractivity contribution in [2.24, 2.45) is 0 Å². The van der Waals surface area contributed by atoms with E-state index in [0.29, 0.717) is 6.54 Å². The van der Waals surface area contributed by atoms with E-state index >= 15 is 0 Å². The summed E-state index contributed by atoms with van der Waals surface area (Å²) in [4.78, 5) is 10.3. The molecule has 0 aromatic carbocycles. The van der Waals surface area contributed by atoms with Gasteiger partial charge in [0.1, 0.15) is 6.61 Å². The fraction of sp³-hybridized carbons (Fsp3) is 0.600. The number of hydrogen-bond donors (Lipinski definition) is 1. The van der Waals surface area contributed by atoms with Gasteiger partial charge in [-0.1, -0.05) is 0 Å². The Kier molecular flexibility index (Phi) is 4.03. The van der Waals surface area contributed by atoms with Crippen LogP contribution in [-0.4, -0.2) is 12.6 Å². The lowest BCUT2D eigenvalue weighted by atomic mass is 10.7. The number of amides is 1. The van der Waals surface area contributed by atoms with Gasteiger partial charge in [0.05, 0.1) is 0 Å². The molecule has 8 heavy (non-hydrogen) atoms. The van der Waals surface area contributed by atoms with Gasteiger partial charge in [0.25, 0.3) is 0 Å². The Morgan fingerprint density at radius 2 is 2.50 bits per heavy atom. The van der Waals surface area contributed by atoms with Crippen LogP contribution in [0, 0.1) is 6.61 Å². The van der Waals surface area contributed by atoms with Crippen molar-refractivity contribution < 1.29 is 9.53 Å². The van der Waals surface area contributed by atoms with Crippen LogP contribution in [0.4, 0.5) is 4.79 Å². The highest BCUT2D eigenvalue weighted by Gasteiger charge is 1.93. The minimum atomic E-state index is -0.394. The number of hydrogen-bond acceptors (Lipinski definition) is 2. The molecule has 0 unspecified atom stereocenters. The van der Waals surface area contributed by atoms with Gasteiger partial charge in [0.15, 0.2) is 0 Å². The van der Waals surface area contributed by atoms with Crippen molar-refractivity contribution in [1.82, 2.24) is 5.32 Å². The molecular weight excluding hydrogens is 106 g/mol. The molecule has 0 spiro atoms. The van der Waals surface area contributed by atoms with Crippen molar-refractivity contribution in [1.29, 1.82) is 0 Å². The third-order valence-corrected chi connectivity index (χ3v) is 0.546. The topological polar surface area (TPSA) is 38.3 Å². The predicted octanol–water partition coefficient (Wildman–Crippen LogP) is 0.914. The molecule has 3 nitrogen and oxygen atoms in total. The van der Waals surface area contributed by atoms with Crippen LogP contribution in [0.1, 0.15) is 13.8 Å². The first-order valence-electron chi connectivity index (χ1n) is 2.53. The highest BCUT2D eigenvalue weighted by molar-refractivity contribution is 5.67. The summed E-state index contributed by atoms with van der Waals surface area (Å²) in [5.41, 5.74) is 0. The standard InChI is InChI=1S/C5H10NO2/c1-3-6-5(7)8-4-2/h4H,3H2,1-2H3,(H,6,7). The van der Waals surface area contributed by atoms with Gasteiger partial charge in [-0.15, -0.1) is 0 Å². The molecule has 0 rings (SSSR count). The first-order valence-corrected chi connectivity index (χ1v) is 2.53. The van der Waals surface area contributed by atoms with Crippen molar-refractivity contribution in [3.63, 3.8) is 0 Å². The molecule has 0 aromatic rings. The van der Waals surface area contributed by atoms with Crippen molar-refractivity contribution in [2.75, 3.05) is 6.54 Å². The Bertz CT molecular complexity index is 64.8. The van der Waals surface area contributed by atoms with E-state index in [0.717, 1.165) is 0 Å². The minimum Gasteiger partial charge on any atom is -0.443 e. The first-order chi connectivity index (χ1) is 3.81. The first kappa shape index (κ1) is 7.27. The van der Waals surface area contributed by atoms with Crippen LogP contribution < -0.4 is 5.32 Å². The van der Waals surface area contributed by atoms with Crippen LogP contribution in [-0.2, 0) is 4.74 Å². The van der Waals surface area contributed by atoms with Crippen LogP contribution >= 0.6 is 0 Å². The molecule has 0 saturated heterocycles. The van der Waals surface area contributed by atoms with E-state index in [1.54, 1.807) is 6.92 Å². The third kappa shape index (κ3) is 3.46. The minimum absolute atomic E-state index is 0.394. The molecular formula is C5H10NO2. The van der Waals surface area contributed by atoms with Crippen molar-refractivity contribution in [2.45, 2.75) is 13.8 Å². The summed E-state index contributed by atoms with van der Waals surface area (Å²) in [7, 11) is 0. The highest BCUT2D eigenvalue weighted by Crippen LogP contribution is 1.78. The van der Waals surface area contributed by atoms with Gasteiger partial charge in [-0.25, -0.2) is 4.79 Å². The third-order valence-electron chi connectivity index (χ3n) is 0.546. The Hall–Kier alpha value is -0.730. The van der Waals surface area contributed by atoms with E-state index in [9.17, 15) is 4.79 Å². The van der Waals surface area contributed by atoms with Crippen LogP contribution in [0.5, 0.6) is 0 Å². The number of carbonyl (C=O) groups is 1. The summed E-state index contributed by atoms with van der Waals surface area (Å²) < 4.78 is 4.41. The lowest BCUT2D eigenvalue weighted by Gasteiger charge is -1.98. The second-order valence-corrected chi connectivity index (χ2v) is 1.17. The Morgan fingerprint density at radius 1 is 1.88 bits per heavy atom. The maximum absolute atomic E-state index is 10.3. The van der Waals surface area contributed by atoms with E-state index in [1.807, 2.05) is 6.92 Å². The van der Waals surface area contributed by atoms with Gasteiger partial charge in [-0.2, -0.15) is 0 Å². The molecule has 0 aromatic heterocycles. The van der Waals surface area contributed by atoms with Crippen LogP contribution in [0.3, 0.4) is 0 Å². The Morgan fingerprint density at radius 3 is 2.88 bits per heavy atom. The van der Waals surface area contributed by atoms with Gasteiger partial charge in [0, 0.05) is 6.54 Å². The Labute approximate surface area is 49.0 Å². The molecule has 0 atom stereocenters. The summed E-state index contributed by atoms with van der Waals surface area (Å²) in [5.74, 6) is 0. The maximum Gasteiger partial charge on any atom is 0.407 e. The molecule has 0 saturated carbocycles. The van der Waals surface area contributed by atoms with Gasteiger partial charge in [-0.05, 0) is 13.8 Å². The fourth-order valence-electron chi connectivity index (χ4n) is 0.293. The van der Waals surface area contributed by atoms with Crippen LogP contribution in [0.15, 0.2) is 0 Å². The van der Waals surface area contributed by atoms with Gasteiger partial charge in [0.2, 0.25) is 0 Å². The molecule has 1 radical (unpaired) electrons. The van der Waals surface area contributed by atoms with Crippen LogP contribution in [0.2, 0.25) is 0 Å². The van der Waals surface area contributed by atoms with E-state index in [2.05, 4.69) is 10.1 Å². The zero-order valence-electron chi connectivity index (χ0n) is 5.10. The molecule has 1 amide bonds. The summed E-state index contributed by atoms with van der Waals surface area (Å²) >= 11 is 0. The Balaban J connectivity index is 3.06. The molecule has 47 valence electrons. The summed E-state index contributed by atoms with van der Waals surface area (Å²) in [6.07, 6.45) is -0.394. The zero-order chi connectivity index (χ0) is 6.41. The molecule has 0 bridgehead atoms. The lowest BCUT2D eigenvalue weighted by molar-refractivity contribution is 0.174. The van der Waals surface area contributed by atoms with E-state index in [4.69, 9.17) is 0 Å². The van der Waals surface area contributed by atoms with E-state index in [1.165, 1.54) is 6.61 Å². The highest BCUT2D eigenvalue weighted by atomic mass is 16.5.